The molecule has 2 unspecified atom stereocenters. The Balaban J connectivity index is 2.32. The van der Waals surface area contributed by atoms with Crippen LogP contribution in [0.3, 0.4) is 0 Å². The molecule has 134 valence electrons. The summed E-state index contributed by atoms with van der Waals surface area (Å²) in [6.45, 7) is 5.66. The fourth-order valence-electron chi connectivity index (χ4n) is 3.10. The first-order valence-corrected chi connectivity index (χ1v) is 9.00. The number of imide groups is 1. The van der Waals surface area contributed by atoms with Gasteiger partial charge in [0.05, 0.1) is 13.2 Å². The summed E-state index contributed by atoms with van der Waals surface area (Å²) in [5.41, 5.74) is 0. The average molecular weight is 327 g/mol. The van der Waals surface area contributed by atoms with Gasteiger partial charge in [0.25, 0.3) is 0 Å². The number of amides is 3. The van der Waals surface area contributed by atoms with Crippen LogP contribution in [0.2, 0.25) is 0 Å². The topological polar surface area (TPSA) is 81.7 Å². The van der Waals surface area contributed by atoms with Gasteiger partial charge in [-0.3, -0.25) is 15.0 Å². The highest BCUT2D eigenvalue weighted by atomic mass is 16.3. The van der Waals surface area contributed by atoms with Crippen molar-refractivity contribution in [3.05, 3.63) is 0 Å². The van der Waals surface area contributed by atoms with Gasteiger partial charge in [0, 0.05) is 12.6 Å². The number of carbonyl (C=O) groups is 2. The number of aliphatic hydroxyl groups excluding tert-OH is 1. The molecule has 3 amide bonds. The van der Waals surface area contributed by atoms with Crippen molar-refractivity contribution in [3.63, 3.8) is 0 Å². The van der Waals surface area contributed by atoms with Crippen molar-refractivity contribution in [1.29, 1.82) is 0 Å². The number of carbonyl (C=O) groups excluding carboxylic acids is 2. The van der Waals surface area contributed by atoms with E-state index in [0.717, 1.165) is 45.1 Å². The minimum absolute atomic E-state index is 0.0190. The molecule has 6 nitrogen and oxygen atoms in total. The monoisotopic (exact) mass is 327 g/mol. The van der Waals surface area contributed by atoms with E-state index < -0.39 is 6.03 Å². The van der Waals surface area contributed by atoms with Crippen LogP contribution in [0.15, 0.2) is 0 Å². The maximum Gasteiger partial charge on any atom is 0.321 e. The Kier molecular flexibility index (Phi) is 9.87. The molecule has 0 bridgehead atoms. The highest BCUT2D eigenvalue weighted by Gasteiger charge is 2.23. The summed E-state index contributed by atoms with van der Waals surface area (Å²) in [4.78, 5) is 25.8. The van der Waals surface area contributed by atoms with Crippen LogP contribution in [0.4, 0.5) is 4.79 Å². The molecule has 0 aromatic rings. The molecule has 1 rings (SSSR count). The van der Waals surface area contributed by atoms with E-state index in [4.69, 9.17) is 5.11 Å². The van der Waals surface area contributed by atoms with Gasteiger partial charge in [0.15, 0.2) is 0 Å². The first-order chi connectivity index (χ1) is 11.1. The smallest absolute Gasteiger partial charge is 0.321 e. The fourth-order valence-corrected chi connectivity index (χ4v) is 3.10. The van der Waals surface area contributed by atoms with Crippen LogP contribution >= 0.6 is 0 Å². The number of hydrogen-bond acceptors (Lipinski definition) is 4. The Morgan fingerprint density at radius 1 is 1.17 bits per heavy atom. The first-order valence-electron chi connectivity index (χ1n) is 9.00. The van der Waals surface area contributed by atoms with Crippen molar-refractivity contribution in [2.24, 2.45) is 5.92 Å². The largest absolute Gasteiger partial charge is 0.395 e. The average Bonchev–Trinajstić information content (AvgIpc) is 2.50. The van der Waals surface area contributed by atoms with E-state index in [2.05, 4.69) is 24.5 Å². The molecule has 6 heteroatoms. The number of hydrogen-bond donors (Lipinski definition) is 3. The molecule has 1 aliphatic rings. The Morgan fingerprint density at radius 3 is 2.57 bits per heavy atom. The van der Waals surface area contributed by atoms with Crippen LogP contribution in [0.25, 0.3) is 0 Å². The molecule has 23 heavy (non-hydrogen) atoms. The third-order valence-corrected chi connectivity index (χ3v) is 4.54. The van der Waals surface area contributed by atoms with Gasteiger partial charge in [-0.25, -0.2) is 4.79 Å². The second kappa shape index (κ2) is 11.4. The van der Waals surface area contributed by atoms with Crippen LogP contribution in [-0.4, -0.2) is 54.2 Å². The summed E-state index contributed by atoms with van der Waals surface area (Å²) in [6, 6.07) is -0.235. The normalized spacial score (nSPS) is 21.2. The minimum Gasteiger partial charge on any atom is -0.395 e. The molecule has 0 radical (unpaired) electrons. The summed E-state index contributed by atoms with van der Waals surface area (Å²) in [6.07, 6.45) is 7.66. The summed E-state index contributed by atoms with van der Waals surface area (Å²) in [5.74, 6) is 0.153. The van der Waals surface area contributed by atoms with Crippen molar-refractivity contribution < 1.29 is 14.7 Å². The number of nitrogens with zero attached hydrogens (tertiary/aromatic N) is 1. The van der Waals surface area contributed by atoms with E-state index in [1.165, 1.54) is 6.42 Å². The number of aliphatic hydroxyl groups is 1. The maximum atomic E-state index is 12.0. The zero-order chi connectivity index (χ0) is 17.1. The van der Waals surface area contributed by atoms with E-state index in [1.54, 1.807) is 0 Å². The van der Waals surface area contributed by atoms with Crippen LogP contribution in [-0.2, 0) is 4.79 Å². The summed E-state index contributed by atoms with van der Waals surface area (Å²) in [5, 5.41) is 14.4. The van der Waals surface area contributed by atoms with E-state index >= 15 is 0 Å². The van der Waals surface area contributed by atoms with Crippen molar-refractivity contribution in [1.82, 2.24) is 15.5 Å². The molecule has 3 N–H and O–H groups in total. The van der Waals surface area contributed by atoms with Gasteiger partial charge < -0.3 is 10.4 Å². The second-order valence-electron chi connectivity index (χ2n) is 6.60. The summed E-state index contributed by atoms with van der Waals surface area (Å²) < 4.78 is 0. The van der Waals surface area contributed by atoms with Gasteiger partial charge in [-0.1, -0.05) is 39.5 Å². The van der Waals surface area contributed by atoms with Gasteiger partial charge >= 0.3 is 6.03 Å². The lowest BCUT2D eigenvalue weighted by molar-refractivity contribution is -0.121. The Labute approximate surface area is 140 Å². The number of rotatable bonds is 9. The first kappa shape index (κ1) is 19.9. The van der Waals surface area contributed by atoms with Crippen LogP contribution < -0.4 is 10.6 Å². The van der Waals surface area contributed by atoms with Crippen molar-refractivity contribution in [3.8, 4) is 0 Å². The molecule has 0 aromatic carbocycles. The molecule has 0 heterocycles. The van der Waals surface area contributed by atoms with Crippen molar-refractivity contribution in [2.75, 3.05) is 26.2 Å². The van der Waals surface area contributed by atoms with Gasteiger partial charge in [0.2, 0.25) is 5.91 Å². The van der Waals surface area contributed by atoms with E-state index in [1.807, 2.05) is 4.90 Å². The maximum absolute atomic E-state index is 12.0. The van der Waals surface area contributed by atoms with Crippen molar-refractivity contribution in [2.45, 2.75) is 64.8 Å². The summed E-state index contributed by atoms with van der Waals surface area (Å²) in [7, 11) is 0. The Bertz CT molecular complexity index is 363. The van der Waals surface area contributed by atoms with Crippen LogP contribution in [0.5, 0.6) is 0 Å². The highest BCUT2D eigenvalue weighted by Crippen LogP contribution is 2.23. The molecule has 0 aliphatic heterocycles. The van der Waals surface area contributed by atoms with Gasteiger partial charge in [-0.2, -0.15) is 0 Å². The van der Waals surface area contributed by atoms with Crippen LogP contribution in [0.1, 0.15) is 58.8 Å². The highest BCUT2D eigenvalue weighted by molar-refractivity contribution is 5.95. The molecule has 2 atom stereocenters. The zero-order valence-corrected chi connectivity index (χ0v) is 14.6. The minimum atomic E-state index is -0.397. The SMILES string of the molecule is CCCCCN(CCO)CC(=O)NC(=O)NC1CCCCC1C. The quantitative estimate of drug-likeness (QED) is 0.565. The fraction of sp³-hybridized carbons (Fsp3) is 0.882. The third kappa shape index (κ3) is 8.32. The van der Waals surface area contributed by atoms with E-state index in [0.29, 0.717) is 12.5 Å². The van der Waals surface area contributed by atoms with Crippen LogP contribution in [0, 0.1) is 5.92 Å². The molecular formula is C17H33N3O3. The zero-order valence-electron chi connectivity index (χ0n) is 14.6. The standard InChI is InChI=1S/C17H33N3O3/c1-3-4-7-10-20(11-12-21)13-16(22)19-17(23)18-15-9-6-5-8-14(15)2/h14-15,21H,3-13H2,1-2H3,(H2,18,19,22,23). The molecule has 0 aromatic heterocycles. The number of urea groups is 1. The second-order valence-corrected chi connectivity index (χ2v) is 6.60. The molecule has 1 aliphatic carbocycles. The lowest BCUT2D eigenvalue weighted by atomic mass is 9.86. The molecule has 0 saturated heterocycles. The third-order valence-electron chi connectivity index (χ3n) is 4.54. The predicted molar refractivity (Wildman–Crippen MR) is 91.1 cm³/mol. The van der Waals surface area contributed by atoms with Gasteiger partial charge in [0.1, 0.15) is 0 Å². The van der Waals surface area contributed by atoms with Gasteiger partial charge in [-0.15, -0.1) is 0 Å². The molecule has 0 spiro atoms. The number of unbranched alkanes of at least 4 members (excludes halogenated alkanes) is 2. The Morgan fingerprint density at radius 2 is 1.91 bits per heavy atom. The summed E-state index contributed by atoms with van der Waals surface area (Å²) >= 11 is 0. The molecular weight excluding hydrogens is 294 g/mol. The molecule has 1 saturated carbocycles. The Hall–Kier alpha value is -1.14. The van der Waals surface area contributed by atoms with Gasteiger partial charge in [-0.05, 0) is 31.7 Å². The van der Waals surface area contributed by atoms with E-state index in [-0.39, 0.29) is 25.1 Å². The number of nitrogens with one attached hydrogen (secondary N) is 2. The van der Waals surface area contributed by atoms with E-state index in [9.17, 15) is 9.59 Å². The molecule has 1 fully saturated rings. The lowest BCUT2D eigenvalue weighted by Crippen LogP contribution is -2.50. The van der Waals surface area contributed by atoms with Crippen molar-refractivity contribution >= 4 is 11.9 Å². The lowest BCUT2D eigenvalue weighted by Gasteiger charge is -2.29. The predicted octanol–water partition coefficient (Wildman–Crippen LogP) is 1.88.